The summed E-state index contributed by atoms with van der Waals surface area (Å²) in [6, 6.07) is 13.7. The lowest BCUT2D eigenvalue weighted by Gasteiger charge is -2.26. The average molecular weight is 541 g/mol. The number of hydrogen-bond acceptors (Lipinski definition) is 6. The minimum absolute atomic E-state index is 0.0771. The highest BCUT2D eigenvalue weighted by atomic mass is 16.5. The van der Waals surface area contributed by atoms with Crippen molar-refractivity contribution >= 4 is 23.7 Å². The third-order valence-corrected chi connectivity index (χ3v) is 6.17. The number of methoxy groups -OCH3 is 1. The molecular formula is C29H40N4O6. The van der Waals surface area contributed by atoms with Crippen LogP contribution in [0.15, 0.2) is 54.6 Å². The standard InChI is InChI=1S/C29H40N4O6/c1-19(2)16-24(28(36)33-25(27(35)30-3)17-21-10-12-22(39-4)13-11-21)32-23(29(37)38)14-15-31-26(34)18-20-8-6-5-7-9-20/h5-13,19,23-25,32H,14-18H2,1-4H3,(H,30,35)(H,31,34)(H,33,36)(H,37,38). The van der Waals surface area contributed by atoms with Gasteiger partial charge in [-0.15, -0.1) is 0 Å². The number of carboxylic acid groups (broad SMARTS) is 1. The zero-order valence-corrected chi connectivity index (χ0v) is 23.0. The van der Waals surface area contributed by atoms with Gasteiger partial charge in [-0.3, -0.25) is 24.5 Å². The van der Waals surface area contributed by atoms with Crippen LogP contribution in [0.1, 0.15) is 37.8 Å². The van der Waals surface area contributed by atoms with Crippen LogP contribution in [0.4, 0.5) is 0 Å². The van der Waals surface area contributed by atoms with Crippen LogP contribution in [0.2, 0.25) is 0 Å². The van der Waals surface area contributed by atoms with Gasteiger partial charge in [0, 0.05) is 20.0 Å². The van der Waals surface area contributed by atoms with Crippen LogP contribution in [0.5, 0.6) is 5.75 Å². The Kier molecular flexibility index (Phi) is 12.9. The van der Waals surface area contributed by atoms with Gasteiger partial charge in [-0.25, -0.2) is 0 Å². The SMILES string of the molecule is CNC(=O)C(Cc1ccc(OC)cc1)NC(=O)C(CC(C)C)NC(CCNC(=O)Cc1ccccc1)C(=O)O. The zero-order valence-electron chi connectivity index (χ0n) is 23.0. The van der Waals surface area contributed by atoms with Crippen LogP contribution >= 0.6 is 0 Å². The third kappa shape index (κ3) is 11.2. The number of aliphatic carboxylic acids is 1. The van der Waals surface area contributed by atoms with Crippen LogP contribution in [0.25, 0.3) is 0 Å². The summed E-state index contributed by atoms with van der Waals surface area (Å²) < 4.78 is 5.17. The van der Waals surface area contributed by atoms with E-state index in [-0.39, 0.29) is 43.5 Å². The topological polar surface area (TPSA) is 146 Å². The molecule has 212 valence electrons. The van der Waals surface area contributed by atoms with Gasteiger partial charge < -0.3 is 25.8 Å². The van der Waals surface area contributed by atoms with Crippen molar-refractivity contribution in [2.75, 3.05) is 20.7 Å². The Morgan fingerprint density at radius 1 is 0.872 bits per heavy atom. The Morgan fingerprint density at radius 3 is 2.10 bits per heavy atom. The van der Waals surface area contributed by atoms with E-state index >= 15 is 0 Å². The maximum atomic E-state index is 13.3. The van der Waals surface area contributed by atoms with E-state index in [1.807, 2.05) is 56.3 Å². The van der Waals surface area contributed by atoms with Crippen LogP contribution in [-0.2, 0) is 32.0 Å². The quantitative estimate of drug-likeness (QED) is 0.218. The Labute approximate surface area is 229 Å². The second-order valence-electron chi connectivity index (χ2n) is 9.77. The summed E-state index contributed by atoms with van der Waals surface area (Å²) in [5.74, 6) is -1.42. The number of carboxylic acids is 1. The number of rotatable bonds is 16. The van der Waals surface area contributed by atoms with Crippen molar-refractivity contribution in [2.45, 2.75) is 57.7 Å². The fourth-order valence-corrected chi connectivity index (χ4v) is 4.10. The molecule has 0 saturated carbocycles. The molecular weight excluding hydrogens is 500 g/mol. The third-order valence-electron chi connectivity index (χ3n) is 6.17. The van der Waals surface area contributed by atoms with Gasteiger partial charge in [0.05, 0.1) is 19.6 Å². The predicted molar refractivity (Wildman–Crippen MR) is 148 cm³/mol. The summed E-state index contributed by atoms with van der Waals surface area (Å²) >= 11 is 0. The van der Waals surface area contributed by atoms with Gasteiger partial charge in [0.2, 0.25) is 17.7 Å². The molecule has 0 aromatic heterocycles. The monoisotopic (exact) mass is 540 g/mol. The lowest BCUT2D eigenvalue weighted by atomic mass is 10.00. The second-order valence-corrected chi connectivity index (χ2v) is 9.77. The first kappa shape index (κ1) is 31.3. The molecule has 0 aliphatic heterocycles. The van der Waals surface area contributed by atoms with Crippen molar-refractivity contribution in [3.8, 4) is 5.75 Å². The van der Waals surface area contributed by atoms with Crippen LogP contribution in [0, 0.1) is 5.92 Å². The van der Waals surface area contributed by atoms with Gasteiger partial charge in [0.25, 0.3) is 0 Å². The highest BCUT2D eigenvalue weighted by molar-refractivity contribution is 5.90. The van der Waals surface area contributed by atoms with Gasteiger partial charge in [0.15, 0.2) is 0 Å². The van der Waals surface area contributed by atoms with Gasteiger partial charge in [-0.1, -0.05) is 56.3 Å². The van der Waals surface area contributed by atoms with Crippen molar-refractivity contribution in [3.05, 3.63) is 65.7 Å². The Morgan fingerprint density at radius 2 is 1.54 bits per heavy atom. The molecule has 3 unspecified atom stereocenters. The number of carbonyl (C=O) groups excluding carboxylic acids is 3. The van der Waals surface area contributed by atoms with E-state index in [0.717, 1.165) is 11.1 Å². The first-order valence-corrected chi connectivity index (χ1v) is 13.1. The van der Waals surface area contributed by atoms with Crippen molar-refractivity contribution in [1.29, 1.82) is 0 Å². The minimum Gasteiger partial charge on any atom is -0.497 e. The Hall–Kier alpha value is -3.92. The van der Waals surface area contributed by atoms with Crippen LogP contribution < -0.4 is 26.0 Å². The molecule has 0 radical (unpaired) electrons. The second kappa shape index (κ2) is 16.1. The summed E-state index contributed by atoms with van der Waals surface area (Å²) in [6.07, 6.45) is 0.889. The number of nitrogens with one attached hydrogen (secondary N) is 4. The smallest absolute Gasteiger partial charge is 0.320 e. The first-order valence-electron chi connectivity index (χ1n) is 13.1. The number of ether oxygens (including phenoxy) is 1. The van der Waals surface area contributed by atoms with Gasteiger partial charge >= 0.3 is 5.97 Å². The van der Waals surface area contributed by atoms with Crippen molar-refractivity contribution < 1.29 is 29.0 Å². The normalized spacial score (nSPS) is 13.2. The molecule has 0 aliphatic rings. The molecule has 2 rings (SSSR count). The molecule has 0 bridgehead atoms. The molecule has 0 fully saturated rings. The van der Waals surface area contributed by atoms with Crippen LogP contribution in [0.3, 0.4) is 0 Å². The lowest BCUT2D eigenvalue weighted by molar-refractivity contribution is -0.140. The summed E-state index contributed by atoms with van der Waals surface area (Å²) in [5.41, 5.74) is 1.68. The van der Waals surface area contributed by atoms with Crippen molar-refractivity contribution in [1.82, 2.24) is 21.3 Å². The molecule has 10 nitrogen and oxygen atoms in total. The largest absolute Gasteiger partial charge is 0.497 e. The minimum atomic E-state index is -1.13. The zero-order chi connectivity index (χ0) is 28.8. The fourth-order valence-electron chi connectivity index (χ4n) is 4.10. The molecule has 0 aliphatic carbocycles. The predicted octanol–water partition coefficient (Wildman–Crippen LogP) is 1.68. The van der Waals surface area contributed by atoms with Gasteiger partial charge in [-0.2, -0.15) is 0 Å². The molecule has 2 aromatic rings. The molecule has 0 spiro atoms. The van der Waals surface area contributed by atoms with E-state index in [1.54, 1.807) is 19.2 Å². The number of benzene rings is 2. The molecule has 39 heavy (non-hydrogen) atoms. The van der Waals surface area contributed by atoms with Crippen molar-refractivity contribution in [2.24, 2.45) is 5.92 Å². The highest BCUT2D eigenvalue weighted by Crippen LogP contribution is 2.14. The lowest BCUT2D eigenvalue weighted by Crippen LogP contribution is -2.56. The molecule has 10 heteroatoms. The number of amides is 3. The van der Waals surface area contributed by atoms with E-state index < -0.39 is 30.0 Å². The number of carbonyl (C=O) groups is 4. The van der Waals surface area contributed by atoms with Gasteiger partial charge in [-0.05, 0) is 42.0 Å². The van der Waals surface area contributed by atoms with Crippen molar-refractivity contribution in [3.63, 3.8) is 0 Å². The Bertz CT molecular complexity index is 1070. The molecule has 5 N–H and O–H groups in total. The summed E-state index contributed by atoms with van der Waals surface area (Å²) in [6.45, 7) is 3.98. The molecule has 0 saturated heterocycles. The average Bonchev–Trinajstić information content (AvgIpc) is 2.91. The Balaban J connectivity index is 2.03. The van der Waals surface area contributed by atoms with E-state index in [4.69, 9.17) is 4.74 Å². The summed E-state index contributed by atoms with van der Waals surface area (Å²) in [7, 11) is 3.05. The molecule has 3 atom stereocenters. The maximum Gasteiger partial charge on any atom is 0.320 e. The number of hydrogen-bond donors (Lipinski definition) is 5. The fraction of sp³-hybridized carbons (Fsp3) is 0.448. The summed E-state index contributed by atoms with van der Waals surface area (Å²) in [5, 5.41) is 20.8. The van der Waals surface area contributed by atoms with Gasteiger partial charge in [0.1, 0.15) is 17.8 Å². The highest BCUT2D eigenvalue weighted by Gasteiger charge is 2.30. The van der Waals surface area contributed by atoms with E-state index in [9.17, 15) is 24.3 Å². The molecule has 2 aromatic carbocycles. The van der Waals surface area contributed by atoms with Crippen LogP contribution in [-0.4, -0.2) is 67.6 Å². The number of likely N-dealkylation sites (N-methyl/N-ethyl adjacent to an activating group) is 1. The maximum absolute atomic E-state index is 13.3. The van der Waals surface area contributed by atoms with E-state index in [0.29, 0.717) is 12.2 Å². The molecule has 3 amide bonds. The van der Waals surface area contributed by atoms with E-state index in [2.05, 4.69) is 21.3 Å². The van der Waals surface area contributed by atoms with E-state index in [1.165, 1.54) is 7.05 Å². The molecule has 0 heterocycles. The summed E-state index contributed by atoms with van der Waals surface area (Å²) in [4.78, 5) is 50.1. The first-order chi connectivity index (χ1) is 18.6.